The average molecular weight is 251 g/mol. The van der Waals surface area contributed by atoms with E-state index >= 15 is 0 Å². The van der Waals surface area contributed by atoms with Gasteiger partial charge < -0.3 is 10.8 Å². The fourth-order valence-corrected chi connectivity index (χ4v) is 5.54. The van der Waals surface area contributed by atoms with Crippen LogP contribution < -0.4 is 5.73 Å². The van der Waals surface area contributed by atoms with E-state index < -0.39 is 5.97 Å². The van der Waals surface area contributed by atoms with Crippen LogP contribution in [0.4, 0.5) is 0 Å². The zero-order valence-corrected chi connectivity index (χ0v) is 11.3. The summed E-state index contributed by atoms with van der Waals surface area (Å²) in [6.07, 6.45) is 7.74. The van der Waals surface area contributed by atoms with Crippen LogP contribution in [0.1, 0.15) is 51.9 Å². The highest BCUT2D eigenvalue weighted by Gasteiger charge is 2.52. The van der Waals surface area contributed by atoms with Gasteiger partial charge in [-0.15, -0.1) is 0 Å². The smallest absolute Gasteiger partial charge is 0.303 e. The molecule has 0 amide bonds. The molecule has 4 saturated carbocycles. The van der Waals surface area contributed by atoms with Gasteiger partial charge in [0.25, 0.3) is 0 Å². The molecular weight excluding hydrogens is 226 g/mol. The Morgan fingerprint density at radius 3 is 2.11 bits per heavy atom. The molecule has 0 spiro atoms. The Labute approximate surface area is 109 Å². The maximum absolute atomic E-state index is 10.8. The lowest BCUT2D eigenvalue weighted by atomic mass is 9.48. The lowest BCUT2D eigenvalue weighted by molar-refractivity contribution is -0.138. The summed E-state index contributed by atoms with van der Waals surface area (Å²) in [5.41, 5.74) is 6.25. The molecule has 4 aliphatic carbocycles. The summed E-state index contributed by atoms with van der Waals surface area (Å²) in [6.45, 7) is 2.10. The third-order valence-electron chi connectivity index (χ3n) is 5.87. The number of hydrogen-bond acceptors (Lipinski definition) is 2. The molecular formula is C15H25NO2. The molecule has 4 bridgehead atoms. The molecule has 0 radical (unpaired) electrons. The molecule has 0 aliphatic heterocycles. The Balaban J connectivity index is 1.73. The topological polar surface area (TPSA) is 63.3 Å². The van der Waals surface area contributed by atoms with Crippen LogP contribution in [0.15, 0.2) is 0 Å². The van der Waals surface area contributed by atoms with Gasteiger partial charge in [-0.3, -0.25) is 4.79 Å². The molecule has 0 aromatic rings. The van der Waals surface area contributed by atoms with E-state index in [0.29, 0.717) is 12.3 Å². The van der Waals surface area contributed by atoms with E-state index in [4.69, 9.17) is 10.8 Å². The monoisotopic (exact) mass is 251 g/mol. The Bertz CT molecular complexity index is 322. The molecule has 18 heavy (non-hydrogen) atoms. The molecule has 1 unspecified atom stereocenters. The van der Waals surface area contributed by atoms with Crippen molar-refractivity contribution in [2.24, 2.45) is 35.3 Å². The summed E-state index contributed by atoms with van der Waals surface area (Å²) >= 11 is 0. The van der Waals surface area contributed by atoms with Gasteiger partial charge in [0.2, 0.25) is 0 Å². The van der Waals surface area contributed by atoms with Crippen molar-refractivity contribution < 1.29 is 9.90 Å². The second-order valence-corrected chi connectivity index (χ2v) is 7.36. The summed E-state index contributed by atoms with van der Waals surface area (Å²) in [5.74, 6) is 3.34. The Kier molecular flexibility index (Phi) is 2.92. The lowest BCUT2D eigenvalue weighted by Gasteiger charge is -2.58. The summed E-state index contributed by atoms with van der Waals surface area (Å²) in [7, 11) is 0. The molecule has 3 N–H and O–H groups in total. The molecule has 3 heteroatoms. The number of carbonyl (C=O) groups is 1. The van der Waals surface area contributed by atoms with E-state index in [1.807, 2.05) is 0 Å². The van der Waals surface area contributed by atoms with Crippen LogP contribution in [-0.4, -0.2) is 16.6 Å². The van der Waals surface area contributed by atoms with Gasteiger partial charge in [-0.1, -0.05) is 0 Å². The van der Waals surface area contributed by atoms with Crippen LogP contribution in [0.25, 0.3) is 0 Å². The normalized spacial score (nSPS) is 44.9. The molecule has 1 atom stereocenters. The van der Waals surface area contributed by atoms with Crippen LogP contribution >= 0.6 is 0 Å². The highest BCUT2D eigenvalue weighted by molar-refractivity contribution is 5.66. The first-order valence-electron chi connectivity index (χ1n) is 7.46. The van der Waals surface area contributed by atoms with Crippen molar-refractivity contribution in [2.45, 2.75) is 57.4 Å². The number of rotatable bonds is 4. The van der Waals surface area contributed by atoms with Gasteiger partial charge in [0, 0.05) is 12.0 Å². The first-order chi connectivity index (χ1) is 8.45. The highest BCUT2D eigenvalue weighted by Crippen LogP contribution is 2.59. The van der Waals surface area contributed by atoms with Gasteiger partial charge in [-0.25, -0.2) is 0 Å². The third-order valence-corrected chi connectivity index (χ3v) is 5.87. The third kappa shape index (κ3) is 2.07. The Hall–Kier alpha value is -0.570. The summed E-state index contributed by atoms with van der Waals surface area (Å²) in [4.78, 5) is 10.8. The molecule has 3 nitrogen and oxygen atoms in total. The van der Waals surface area contributed by atoms with Crippen molar-refractivity contribution in [1.29, 1.82) is 0 Å². The minimum Gasteiger partial charge on any atom is -0.481 e. The quantitative estimate of drug-likeness (QED) is 0.807. The van der Waals surface area contributed by atoms with Crippen LogP contribution in [0.5, 0.6) is 0 Å². The molecule has 0 aromatic heterocycles. The second-order valence-electron chi connectivity index (χ2n) is 7.36. The van der Waals surface area contributed by atoms with Gasteiger partial charge in [-0.2, -0.15) is 0 Å². The maximum atomic E-state index is 10.8. The minimum atomic E-state index is -0.713. The van der Waals surface area contributed by atoms with Crippen LogP contribution in [-0.2, 0) is 4.79 Å². The molecule has 4 fully saturated rings. The zero-order valence-electron chi connectivity index (χ0n) is 11.3. The predicted octanol–water partition coefficient (Wildman–Crippen LogP) is 2.64. The van der Waals surface area contributed by atoms with Crippen molar-refractivity contribution in [2.75, 3.05) is 0 Å². The number of nitrogens with two attached hydrogens (primary N) is 1. The van der Waals surface area contributed by atoms with Gasteiger partial charge >= 0.3 is 5.97 Å². The first kappa shape index (κ1) is 12.5. The standard InChI is InChI=1S/C15H25NO2/c1-15(16,3-2-13(17)18)14-11-5-9-4-10(7-11)8-12(14)6-9/h9-12,14H,2-8,16H2,1H3,(H,17,18). The van der Waals surface area contributed by atoms with E-state index in [2.05, 4.69) is 6.92 Å². The summed E-state index contributed by atoms with van der Waals surface area (Å²) < 4.78 is 0. The molecule has 0 saturated heterocycles. The fraction of sp³-hybridized carbons (Fsp3) is 0.933. The lowest BCUT2D eigenvalue weighted by Crippen LogP contribution is -2.57. The average Bonchev–Trinajstić information content (AvgIpc) is 2.24. The van der Waals surface area contributed by atoms with E-state index in [-0.39, 0.29) is 12.0 Å². The Morgan fingerprint density at radius 2 is 1.67 bits per heavy atom. The molecule has 0 heterocycles. The minimum absolute atomic E-state index is 0.218. The molecule has 4 rings (SSSR count). The van der Waals surface area contributed by atoms with Crippen molar-refractivity contribution in [3.8, 4) is 0 Å². The number of carboxylic acids is 1. The second kappa shape index (κ2) is 4.22. The molecule has 4 aliphatic rings. The highest BCUT2D eigenvalue weighted by atomic mass is 16.4. The van der Waals surface area contributed by atoms with Crippen molar-refractivity contribution in [1.82, 2.24) is 0 Å². The van der Waals surface area contributed by atoms with Crippen molar-refractivity contribution in [3.63, 3.8) is 0 Å². The number of carboxylic acid groups (broad SMARTS) is 1. The number of aliphatic carboxylic acids is 1. The Morgan fingerprint density at radius 1 is 1.17 bits per heavy atom. The SMILES string of the molecule is CC(N)(CCC(=O)O)C1C2CC3CC(C2)CC1C3. The van der Waals surface area contributed by atoms with Crippen LogP contribution in [0, 0.1) is 29.6 Å². The maximum Gasteiger partial charge on any atom is 0.303 e. The summed E-state index contributed by atoms with van der Waals surface area (Å²) in [5, 5.41) is 8.87. The van der Waals surface area contributed by atoms with Crippen molar-refractivity contribution in [3.05, 3.63) is 0 Å². The number of hydrogen-bond donors (Lipinski definition) is 2. The van der Waals surface area contributed by atoms with E-state index in [1.54, 1.807) is 0 Å². The van der Waals surface area contributed by atoms with Crippen LogP contribution in [0.2, 0.25) is 0 Å². The van der Waals surface area contributed by atoms with Gasteiger partial charge in [0.1, 0.15) is 0 Å². The van der Waals surface area contributed by atoms with Gasteiger partial charge in [0.15, 0.2) is 0 Å². The fourth-order valence-electron chi connectivity index (χ4n) is 5.54. The molecule has 102 valence electrons. The van der Waals surface area contributed by atoms with Gasteiger partial charge in [0.05, 0.1) is 0 Å². The van der Waals surface area contributed by atoms with Crippen LogP contribution in [0.3, 0.4) is 0 Å². The largest absolute Gasteiger partial charge is 0.481 e. The van der Waals surface area contributed by atoms with E-state index in [9.17, 15) is 4.79 Å². The predicted molar refractivity (Wildman–Crippen MR) is 70.0 cm³/mol. The van der Waals surface area contributed by atoms with E-state index in [1.165, 1.54) is 32.1 Å². The van der Waals surface area contributed by atoms with E-state index in [0.717, 1.165) is 23.7 Å². The molecule has 0 aromatic carbocycles. The van der Waals surface area contributed by atoms with Crippen molar-refractivity contribution >= 4 is 5.97 Å². The van der Waals surface area contributed by atoms with Gasteiger partial charge in [-0.05, 0) is 75.0 Å². The first-order valence-corrected chi connectivity index (χ1v) is 7.46. The zero-order chi connectivity index (χ0) is 12.9. The summed E-state index contributed by atoms with van der Waals surface area (Å²) in [6, 6.07) is 0.